The summed E-state index contributed by atoms with van der Waals surface area (Å²) in [5.74, 6) is 0.114. The maximum atomic E-state index is 10.6. The molecule has 0 saturated carbocycles. The van der Waals surface area contributed by atoms with Crippen LogP contribution in [0.25, 0.3) is 10.8 Å². The van der Waals surface area contributed by atoms with Crippen LogP contribution >= 0.6 is 11.6 Å². The highest BCUT2D eigenvalue weighted by atomic mass is 35.5. The zero-order chi connectivity index (χ0) is 17.9. The van der Waals surface area contributed by atoms with Crippen molar-refractivity contribution in [2.24, 2.45) is 10.2 Å². The van der Waals surface area contributed by atoms with Crippen molar-refractivity contribution >= 4 is 39.4 Å². The van der Waals surface area contributed by atoms with Crippen LogP contribution in [0.5, 0.6) is 5.75 Å². The van der Waals surface area contributed by atoms with Crippen molar-refractivity contribution in [3.63, 3.8) is 0 Å². The van der Waals surface area contributed by atoms with Gasteiger partial charge in [-0.05, 0) is 24.3 Å². The van der Waals surface area contributed by atoms with Crippen LogP contribution < -0.4 is 4.90 Å². The molecule has 0 spiro atoms. The molecule has 1 N–H and O–H groups in total. The first kappa shape index (κ1) is 16.8. The van der Waals surface area contributed by atoms with E-state index in [0.29, 0.717) is 29.6 Å². The number of aromatic hydroxyl groups is 1. The normalized spacial score (nSPS) is 15.0. The molecular weight excluding hydrogens is 350 g/mol. The van der Waals surface area contributed by atoms with Crippen LogP contribution in [0.15, 0.2) is 64.8 Å². The summed E-state index contributed by atoms with van der Waals surface area (Å²) in [7, 11) is 0. The van der Waals surface area contributed by atoms with Crippen molar-refractivity contribution in [1.82, 2.24) is 0 Å². The molecule has 1 fully saturated rings. The van der Waals surface area contributed by atoms with Gasteiger partial charge in [-0.25, -0.2) is 0 Å². The lowest BCUT2D eigenvalue weighted by atomic mass is 10.0. The van der Waals surface area contributed by atoms with Gasteiger partial charge in [-0.15, -0.1) is 5.11 Å². The van der Waals surface area contributed by atoms with Crippen LogP contribution in [-0.2, 0) is 4.74 Å². The van der Waals surface area contributed by atoms with E-state index in [1.165, 1.54) is 0 Å². The highest BCUT2D eigenvalue weighted by Crippen LogP contribution is 2.42. The Kier molecular flexibility index (Phi) is 4.73. The zero-order valence-electron chi connectivity index (χ0n) is 14.1. The number of ether oxygens (including phenoxy) is 1. The lowest BCUT2D eigenvalue weighted by Crippen LogP contribution is -2.36. The van der Waals surface area contributed by atoms with E-state index in [9.17, 15) is 5.11 Å². The molecule has 26 heavy (non-hydrogen) atoms. The zero-order valence-corrected chi connectivity index (χ0v) is 14.9. The van der Waals surface area contributed by atoms with Gasteiger partial charge in [-0.1, -0.05) is 35.9 Å². The molecule has 0 amide bonds. The summed E-state index contributed by atoms with van der Waals surface area (Å²) in [6, 6.07) is 16.8. The average molecular weight is 368 g/mol. The molecule has 1 heterocycles. The molecule has 0 aliphatic carbocycles. The summed E-state index contributed by atoms with van der Waals surface area (Å²) in [5, 5.41) is 21.7. The monoisotopic (exact) mass is 367 g/mol. The number of phenols is 1. The second-order valence-electron chi connectivity index (χ2n) is 6.08. The Morgan fingerprint density at radius 2 is 1.62 bits per heavy atom. The topological polar surface area (TPSA) is 57.4 Å². The van der Waals surface area contributed by atoms with Crippen molar-refractivity contribution in [1.29, 1.82) is 0 Å². The van der Waals surface area contributed by atoms with Gasteiger partial charge >= 0.3 is 0 Å². The van der Waals surface area contributed by atoms with Crippen molar-refractivity contribution in [2.75, 3.05) is 31.2 Å². The van der Waals surface area contributed by atoms with Crippen LogP contribution in [0.2, 0.25) is 5.02 Å². The van der Waals surface area contributed by atoms with E-state index in [1.807, 2.05) is 24.3 Å². The molecule has 1 aliphatic rings. The SMILES string of the molecule is Oc1cc(N2CCOCC2)c2ccccc2c1N=Nc1ccc(Cl)cc1. The van der Waals surface area contributed by atoms with Gasteiger partial charge in [-0.3, -0.25) is 0 Å². The van der Waals surface area contributed by atoms with E-state index in [0.717, 1.165) is 29.5 Å². The first-order chi connectivity index (χ1) is 12.7. The van der Waals surface area contributed by atoms with Crippen LogP contribution in [0.1, 0.15) is 0 Å². The van der Waals surface area contributed by atoms with Crippen molar-refractivity contribution in [3.05, 3.63) is 59.6 Å². The summed E-state index contributed by atoms with van der Waals surface area (Å²) < 4.78 is 5.44. The molecule has 0 atom stereocenters. The van der Waals surface area contributed by atoms with Gasteiger partial charge in [0.25, 0.3) is 0 Å². The Hall–Kier alpha value is -2.63. The van der Waals surface area contributed by atoms with E-state index >= 15 is 0 Å². The second-order valence-corrected chi connectivity index (χ2v) is 6.52. The predicted octanol–water partition coefficient (Wildman–Crippen LogP) is 5.45. The largest absolute Gasteiger partial charge is 0.506 e. The highest BCUT2D eigenvalue weighted by molar-refractivity contribution is 6.30. The predicted molar refractivity (Wildman–Crippen MR) is 104 cm³/mol. The minimum atomic E-state index is 0.114. The summed E-state index contributed by atoms with van der Waals surface area (Å²) in [5.41, 5.74) is 2.13. The number of azo groups is 1. The summed E-state index contributed by atoms with van der Waals surface area (Å²) in [6.45, 7) is 2.98. The third-order valence-corrected chi connectivity index (χ3v) is 4.67. The molecule has 3 aromatic rings. The molecule has 1 saturated heterocycles. The molecule has 6 heteroatoms. The standard InChI is InChI=1S/C20H18ClN3O2/c21-14-5-7-15(8-6-14)22-23-20-17-4-2-1-3-16(17)18(13-19(20)25)24-9-11-26-12-10-24/h1-8,13,25H,9-12H2. The van der Waals surface area contributed by atoms with Crippen LogP contribution in [0, 0.1) is 0 Å². The number of hydrogen-bond donors (Lipinski definition) is 1. The van der Waals surface area contributed by atoms with Crippen molar-refractivity contribution < 1.29 is 9.84 Å². The summed E-state index contributed by atoms with van der Waals surface area (Å²) in [6.07, 6.45) is 0. The molecule has 132 valence electrons. The van der Waals surface area contributed by atoms with Crippen LogP contribution in [0.4, 0.5) is 17.1 Å². The Bertz CT molecular complexity index is 951. The van der Waals surface area contributed by atoms with Gasteiger partial charge in [0.15, 0.2) is 0 Å². The quantitative estimate of drug-likeness (QED) is 0.626. The summed E-state index contributed by atoms with van der Waals surface area (Å²) in [4.78, 5) is 2.23. The molecule has 0 bridgehead atoms. The minimum absolute atomic E-state index is 0.114. The lowest BCUT2D eigenvalue weighted by Gasteiger charge is -2.30. The number of rotatable bonds is 3. The lowest BCUT2D eigenvalue weighted by molar-refractivity contribution is 0.123. The van der Waals surface area contributed by atoms with Crippen LogP contribution in [-0.4, -0.2) is 31.4 Å². The molecule has 4 rings (SSSR count). The Labute approximate surface area is 156 Å². The average Bonchev–Trinajstić information content (AvgIpc) is 2.69. The number of anilines is 1. The first-order valence-electron chi connectivity index (χ1n) is 8.47. The van der Waals surface area contributed by atoms with Gasteiger partial charge in [0.05, 0.1) is 18.9 Å². The number of nitrogens with zero attached hydrogens (tertiary/aromatic N) is 3. The van der Waals surface area contributed by atoms with Crippen LogP contribution in [0.3, 0.4) is 0 Å². The molecule has 0 unspecified atom stereocenters. The second kappa shape index (κ2) is 7.32. The van der Waals surface area contributed by atoms with Gasteiger partial charge in [-0.2, -0.15) is 5.11 Å². The fourth-order valence-electron chi connectivity index (χ4n) is 3.11. The Morgan fingerprint density at radius 1 is 0.923 bits per heavy atom. The molecular formula is C20H18ClN3O2. The molecule has 0 aromatic heterocycles. The van der Waals surface area contributed by atoms with Gasteiger partial charge < -0.3 is 14.7 Å². The van der Waals surface area contributed by atoms with Crippen molar-refractivity contribution in [3.8, 4) is 5.75 Å². The Morgan fingerprint density at radius 3 is 2.35 bits per heavy atom. The maximum Gasteiger partial charge on any atom is 0.145 e. The fourth-order valence-corrected chi connectivity index (χ4v) is 3.24. The Balaban J connectivity index is 1.78. The van der Waals surface area contributed by atoms with E-state index in [1.54, 1.807) is 30.3 Å². The number of hydrogen-bond acceptors (Lipinski definition) is 5. The highest BCUT2D eigenvalue weighted by Gasteiger charge is 2.18. The first-order valence-corrected chi connectivity index (χ1v) is 8.85. The van der Waals surface area contributed by atoms with E-state index in [2.05, 4.69) is 15.1 Å². The van der Waals surface area contributed by atoms with Crippen molar-refractivity contribution in [2.45, 2.75) is 0 Å². The van der Waals surface area contributed by atoms with E-state index in [-0.39, 0.29) is 5.75 Å². The van der Waals surface area contributed by atoms with E-state index in [4.69, 9.17) is 16.3 Å². The maximum absolute atomic E-state index is 10.6. The third-order valence-electron chi connectivity index (χ3n) is 4.42. The van der Waals surface area contributed by atoms with E-state index < -0.39 is 0 Å². The number of halogens is 1. The molecule has 0 radical (unpaired) electrons. The van der Waals surface area contributed by atoms with Gasteiger partial charge in [0, 0.05) is 40.6 Å². The number of phenolic OH excluding ortho intramolecular Hbond substituents is 1. The van der Waals surface area contributed by atoms with Gasteiger partial charge in [0.2, 0.25) is 0 Å². The number of fused-ring (bicyclic) bond motifs is 1. The summed E-state index contributed by atoms with van der Waals surface area (Å²) >= 11 is 5.90. The third kappa shape index (κ3) is 3.36. The fraction of sp³-hybridized carbons (Fsp3) is 0.200. The molecule has 5 nitrogen and oxygen atoms in total. The number of morpholine rings is 1. The number of benzene rings is 3. The minimum Gasteiger partial charge on any atom is -0.506 e. The molecule has 3 aromatic carbocycles. The smallest absolute Gasteiger partial charge is 0.145 e. The van der Waals surface area contributed by atoms with Gasteiger partial charge in [0.1, 0.15) is 11.4 Å². The molecule has 1 aliphatic heterocycles.